The number of fused-ring (bicyclic) bond motifs is 1. The molecule has 0 saturated heterocycles. The fraction of sp³-hybridized carbons (Fsp3) is 0.278. The summed E-state index contributed by atoms with van der Waals surface area (Å²) in [6.07, 6.45) is 3.91. The van der Waals surface area contributed by atoms with Gasteiger partial charge in [0.25, 0.3) is 0 Å². The summed E-state index contributed by atoms with van der Waals surface area (Å²) in [7, 11) is 0. The summed E-state index contributed by atoms with van der Waals surface area (Å²) in [5.41, 5.74) is 3.78. The van der Waals surface area contributed by atoms with Gasteiger partial charge in [-0.2, -0.15) is 0 Å². The molecule has 0 heterocycles. The molecule has 0 fully saturated rings. The topological polar surface area (TPSA) is 61.4 Å². The van der Waals surface area contributed by atoms with Crippen molar-refractivity contribution in [2.24, 2.45) is 0 Å². The minimum Gasteiger partial charge on any atom is -0.393 e. The molecule has 1 aliphatic rings. The number of anilines is 2. The third kappa shape index (κ3) is 3.86. The molecule has 0 radical (unpaired) electrons. The molecule has 0 bridgehead atoms. The van der Waals surface area contributed by atoms with Crippen LogP contribution in [-0.2, 0) is 12.8 Å². The van der Waals surface area contributed by atoms with Gasteiger partial charge in [0.15, 0.2) is 0 Å². The molecule has 120 valence electrons. The number of amides is 2. The van der Waals surface area contributed by atoms with Crippen molar-refractivity contribution in [2.75, 3.05) is 16.9 Å². The molecular formula is C18H20N2O2S. The van der Waals surface area contributed by atoms with Crippen LogP contribution in [0.25, 0.3) is 0 Å². The van der Waals surface area contributed by atoms with Gasteiger partial charge in [-0.05, 0) is 60.6 Å². The van der Waals surface area contributed by atoms with Crippen molar-refractivity contribution >= 4 is 29.2 Å². The molecule has 2 aromatic carbocycles. The zero-order valence-corrected chi connectivity index (χ0v) is 13.8. The van der Waals surface area contributed by atoms with E-state index in [0.717, 1.165) is 34.7 Å². The molecule has 3 rings (SSSR count). The Kier molecular flexibility index (Phi) is 4.88. The zero-order chi connectivity index (χ0) is 16.2. The van der Waals surface area contributed by atoms with Gasteiger partial charge in [0, 0.05) is 22.7 Å². The van der Waals surface area contributed by atoms with E-state index < -0.39 is 0 Å². The minimum absolute atomic E-state index is 0.268. The average Bonchev–Trinajstić information content (AvgIpc) is 2.56. The first-order valence-corrected chi connectivity index (χ1v) is 8.89. The number of hydrogen-bond donors (Lipinski definition) is 3. The second-order valence-corrected chi connectivity index (χ2v) is 6.53. The normalized spacial score (nSPS) is 16.5. The first-order valence-electron chi connectivity index (χ1n) is 7.66. The van der Waals surface area contributed by atoms with E-state index >= 15 is 0 Å². The fourth-order valence-corrected chi connectivity index (χ4v) is 3.25. The summed E-state index contributed by atoms with van der Waals surface area (Å²) < 4.78 is 0. The van der Waals surface area contributed by atoms with Gasteiger partial charge in [-0.1, -0.05) is 12.1 Å². The molecule has 0 aromatic heterocycles. The molecule has 1 unspecified atom stereocenters. The average molecular weight is 328 g/mol. The number of carbonyl (C=O) groups is 1. The van der Waals surface area contributed by atoms with Crippen LogP contribution in [0.5, 0.6) is 0 Å². The summed E-state index contributed by atoms with van der Waals surface area (Å²) >= 11 is 1.66. The van der Waals surface area contributed by atoms with Gasteiger partial charge in [0.05, 0.1) is 6.10 Å². The van der Waals surface area contributed by atoms with Crippen LogP contribution in [0.4, 0.5) is 16.2 Å². The molecule has 3 N–H and O–H groups in total. The Morgan fingerprint density at radius 1 is 1.17 bits per heavy atom. The Bertz CT molecular complexity index is 701. The van der Waals surface area contributed by atoms with Gasteiger partial charge < -0.3 is 15.7 Å². The summed E-state index contributed by atoms with van der Waals surface area (Å²) in [6, 6.07) is 13.3. The number of rotatable bonds is 3. The van der Waals surface area contributed by atoms with Crippen LogP contribution in [0.3, 0.4) is 0 Å². The molecule has 2 aromatic rings. The number of aryl methyl sites for hydroxylation is 1. The third-order valence-electron chi connectivity index (χ3n) is 4.06. The lowest BCUT2D eigenvalue weighted by Gasteiger charge is -2.23. The number of nitrogens with one attached hydrogen (secondary N) is 2. The lowest BCUT2D eigenvalue weighted by Crippen LogP contribution is -2.24. The number of carbonyl (C=O) groups excluding carboxylic acids is 1. The van der Waals surface area contributed by atoms with Gasteiger partial charge >= 0.3 is 6.03 Å². The van der Waals surface area contributed by atoms with E-state index in [1.54, 1.807) is 11.8 Å². The molecule has 1 atom stereocenters. The molecule has 1 aliphatic carbocycles. The molecular weight excluding hydrogens is 308 g/mol. The van der Waals surface area contributed by atoms with E-state index in [9.17, 15) is 9.90 Å². The Balaban J connectivity index is 1.70. The van der Waals surface area contributed by atoms with Crippen LogP contribution >= 0.6 is 11.8 Å². The van der Waals surface area contributed by atoms with Crippen molar-refractivity contribution in [1.82, 2.24) is 0 Å². The Morgan fingerprint density at radius 2 is 1.96 bits per heavy atom. The highest BCUT2D eigenvalue weighted by Crippen LogP contribution is 2.28. The first-order chi connectivity index (χ1) is 11.2. The predicted octanol–water partition coefficient (Wildman–Crippen LogP) is 3.90. The SMILES string of the molecule is CSc1ccc(NC(=O)Nc2cccc3c2CC(O)CC3)cc1. The van der Waals surface area contributed by atoms with Gasteiger partial charge in [-0.25, -0.2) is 4.79 Å². The quantitative estimate of drug-likeness (QED) is 0.749. The van der Waals surface area contributed by atoms with Gasteiger partial charge in [-0.15, -0.1) is 11.8 Å². The van der Waals surface area contributed by atoms with E-state index in [1.165, 1.54) is 5.56 Å². The van der Waals surface area contributed by atoms with Crippen LogP contribution in [-0.4, -0.2) is 23.5 Å². The van der Waals surface area contributed by atoms with Crippen molar-refractivity contribution < 1.29 is 9.90 Å². The highest BCUT2D eigenvalue weighted by molar-refractivity contribution is 7.98. The standard InChI is InChI=1S/C18H20N2O2S/c1-23-15-9-6-13(7-10-15)19-18(22)20-17-4-2-3-12-5-8-14(21)11-16(12)17/h2-4,6-7,9-10,14,21H,5,8,11H2,1H3,(H2,19,20,22). The molecule has 0 saturated carbocycles. The monoisotopic (exact) mass is 328 g/mol. The highest BCUT2D eigenvalue weighted by Gasteiger charge is 2.19. The van der Waals surface area contributed by atoms with Crippen LogP contribution in [0.2, 0.25) is 0 Å². The Labute approximate surface area is 140 Å². The van der Waals surface area contributed by atoms with Crippen LogP contribution in [0, 0.1) is 0 Å². The lowest BCUT2D eigenvalue weighted by atomic mass is 9.88. The number of thioether (sulfide) groups is 1. The summed E-state index contributed by atoms with van der Waals surface area (Å²) in [5.74, 6) is 0. The number of aliphatic hydroxyl groups excluding tert-OH is 1. The maximum atomic E-state index is 12.2. The third-order valence-corrected chi connectivity index (χ3v) is 4.80. The Hall–Kier alpha value is -1.98. The molecule has 2 amide bonds. The highest BCUT2D eigenvalue weighted by atomic mass is 32.2. The van der Waals surface area contributed by atoms with Crippen molar-refractivity contribution in [3.63, 3.8) is 0 Å². The van der Waals surface area contributed by atoms with Crippen molar-refractivity contribution in [2.45, 2.75) is 30.3 Å². The fourth-order valence-electron chi connectivity index (χ4n) is 2.85. The van der Waals surface area contributed by atoms with E-state index in [2.05, 4.69) is 16.7 Å². The maximum absolute atomic E-state index is 12.2. The first kappa shape index (κ1) is 15.9. The van der Waals surface area contributed by atoms with Crippen molar-refractivity contribution in [3.05, 3.63) is 53.6 Å². The number of benzene rings is 2. The van der Waals surface area contributed by atoms with Crippen LogP contribution in [0.1, 0.15) is 17.5 Å². The smallest absolute Gasteiger partial charge is 0.323 e. The molecule has 4 nitrogen and oxygen atoms in total. The van der Waals surface area contributed by atoms with Crippen LogP contribution < -0.4 is 10.6 Å². The predicted molar refractivity (Wildman–Crippen MR) is 95.3 cm³/mol. The summed E-state index contributed by atoms with van der Waals surface area (Å²) in [4.78, 5) is 13.4. The minimum atomic E-state index is -0.326. The molecule has 0 aliphatic heterocycles. The zero-order valence-electron chi connectivity index (χ0n) is 13.0. The summed E-state index contributed by atoms with van der Waals surface area (Å²) in [5, 5.41) is 15.6. The second kappa shape index (κ2) is 7.06. The second-order valence-electron chi connectivity index (χ2n) is 5.65. The molecule has 23 heavy (non-hydrogen) atoms. The molecule has 5 heteroatoms. The van der Waals surface area contributed by atoms with E-state index in [4.69, 9.17) is 0 Å². The van der Waals surface area contributed by atoms with Crippen LogP contribution in [0.15, 0.2) is 47.4 Å². The van der Waals surface area contributed by atoms with Gasteiger partial charge in [-0.3, -0.25) is 0 Å². The lowest BCUT2D eigenvalue weighted by molar-refractivity contribution is 0.159. The summed E-state index contributed by atoms with van der Waals surface area (Å²) in [6.45, 7) is 0. The number of aliphatic hydroxyl groups is 1. The van der Waals surface area contributed by atoms with E-state index in [-0.39, 0.29) is 12.1 Å². The van der Waals surface area contributed by atoms with E-state index in [1.807, 2.05) is 42.7 Å². The van der Waals surface area contributed by atoms with E-state index in [0.29, 0.717) is 6.42 Å². The van der Waals surface area contributed by atoms with Crippen molar-refractivity contribution in [3.8, 4) is 0 Å². The number of urea groups is 1. The Morgan fingerprint density at radius 3 is 2.70 bits per heavy atom. The molecule has 0 spiro atoms. The maximum Gasteiger partial charge on any atom is 0.323 e. The number of hydrogen-bond acceptors (Lipinski definition) is 3. The van der Waals surface area contributed by atoms with Gasteiger partial charge in [0.2, 0.25) is 0 Å². The van der Waals surface area contributed by atoms with Gasteiger partial charge in [0.1, 0.15) is 0 Å². The van der Waals surface area contributed by atoms with Crippen molar-refractivity contribution in [1.29, 1.82) is 0 Å². The largest absolute Gasteiger partial charge is 0.393 e.